The molecule has 3 heterocycles. The lowest BCUT2D eigenvalue weighted by Gasteiger charge is -2.47. The van der Waals surface area contributed by atoms with E-state index in [4.69, 9.17) is 30.5 Å². The molecular formula is C39H43ClF2N4O9. The molecular weight excluding hydrogens is 742 g/mol. The maximum absolute atomic E-state index is 15.0. The van der Waals surface area contributed by atoms with E-state index in [0.717, 1.165) is 52.8 Å². The standard InChI is InChI=1S/C39H43ClF2N4O9/c1-24-27(15-16-43-37(24)51-2)21-44(28-11-12-28)38(47)34-30(20-29-22-52-23-33(34)45(29)39(48)54-17-3-4-19-55-46(49)50)26-9-7-25(8-10-26)6-5-18-53-36-32(42)14-13-31(41)35(36)40/h7-10,13-16,28-29,33H,3-6,11-12,17-23H2,1-2H3. The first kappa shape index (κ1) is 39.7. The zero-order valence-corrected chi connectivity index (χ0v) is 31.4. The number of carbonyl (C=O) groups excluding carboxylic acids is 2. The van der Waals surface area contributed by atoms with Crippen LogP contribution < -0.4 is 9.47 Å². The summed E-state index contributed by atoms with van der Waals surface area (Å²) >= 11 is 5.89. The molecule has 2 fully saturated rings. The monoisotopic (exact) mass is 784 g/mol. The zero-order valence-electron chi connectivity index (χ0n) is 30.6. The van der Waals surface area contributed by atoms with Crippen molar-refractivity contribution in [2.45, 2.75) is 76.5 Å². The quantitative estimate of drug-likeness (QED) is 0.0615. The lowest BCUT2D eigenvalue weighted by atomic mass is 9.82. The third-order valence-corrected chi connectivity index (χ3v) is 10.4. The normalized spacial score (nSPS) is 17.8. The van der Waals surface area contributed by atoms with Crippen LogP contribution in [-0.2, 0) is 32.1 Å². The number of methoxy groups -OCH3 is 1. The minimum atomic E-state index is -0.861. The van der Waals surface area contributed by atoms with Gasteiger partial charge in [0.15, 0.2) is 11.6 Å². The Kier molecular flexibility index (Phi) is 13.0. The van der Waals surface area contributed by atoms with Gasteiger partial charge in [-0.05, 0) is 92.3 Å². The van der Waals surface area contributed by atoms with Crippen molar-refractivity contribution < 1.29 is 47.2 Å². The Bertz CT molecular complexity index is 1910. The van der Waals surface area contributed by atoms with Gasteiger partial charge in [0.25, 0.3) is 11.0 Å². The van der Waals surface area contributed by atoms with Crippen LogP contribution in [0, 0.1) is 28.7 Å². The highest BCUT2D eigenvalue weighted by atomic mass is 35.5. The van der Waals surface area contributed by atoms with Gasteiger partial charge in [0, 0.05) is 29.9 Å². The second-order valence-electron chi connectivity index (χ2n) is 13.7. The molecule has 6 rings (SSSR count). The van der Waals surface area contributed by atoms with Gasteiger partial charge in [0.05, 0.1) is 52.2 Å². The number of unbranched alkanes of at least 4 members (excludes halogenated alkanes) is 1. The zero-order chi connectivity index (χ0) is 39.1. The van der Waals surface area contributed by atoms with Gasteiger partial charge in [-0.2, -0.15) is 0 Å². The molecule has 2 aromatic carbocycles. The Morgan fingerprint density at radius 1 is 1.04 bits per heavy atom. The average molecular weight is 785 g/mol. The summed E-state index contributed by atoms with van der Waals surface area (Å²) in [6, 6.07) is 10.5. The van der Waals surface area contributed by atoms with Crippen LogP contribution in [0.2, 0.25) is 5.02 Å². The van der Waals surface area contributed by atoms with E-state index in [9.17, 15) is 28.5 Å². The molecule has 3 aliphatic rings. The number of amides is 2. The molecule has 294 valence electrons. The summed E-state index contributed by atoms with van der Waals surface area (Å²) in [6.07, 6.45) is 4.91. The van der Waals surface area contributed by atoms with Crippen LogP contribution >= 0.6 is 11.6 Å². The van der Waals surface area contributed by atoms with E-state index >= 15 is 0 Å². The molecule has 16 heteroatoms. The lowest BCUT2D eigenvalue weighted by Crippen LogP contribution is -2.60. The van der Waals surface area contributed by atoms with E-state index in [2.05, 4.69) is 9.82 Å². The Morgan fingerprint density at radius 3 is 2.51 bits per heavy atom. The van der Waals surface area contributed by atoms with E-state index in [-0.39, 0.29) is 50.7 Å². The highest BCUT2D eigenvalue weighted by molar-refractivity contribution is 6.32. The molecule has 0 radical (unpaired) electrons. The van der Waals surface area contributed by atoms with E-state index in [0.29, 0.717) is 50.1 Å². The van der Waals surface area contributed by atoms with Gasteiger partial charge < -0.3 is 28.7 Å². The van der Waals surface area contributed by atoms with Crippen molar-refractivity contribution in [3.05, 3.63) is 103 Å². The van der Waals surface area contributed by atoms with Crippen molar-refractivity contribution in [1.29, 1.82) is 0 Å². The number of aryl methyl sites for hydroxylation is 1. The minimum absolute atomic E-state index is 0.0177. The third-order valence-electron chi connectivity index (χ3n) is 10.0. The highest BCUT2D eigenvalue weighted by Gasteiger charge is 2.48. The maximum Gasteiger partial charge on any atom is 0.410 e. The van der Waals surface area contributed by atoms with E-state index in [1.54, 1.807) is 18.2 Å². The number of morpholine rings is 1. The molecule has 13 nitrogen and oxygen atoms in total. The van der Waals surface area contributed by atoms with Crippen molar-refractivity contribution in [1.82, 2.24) is 14.8 Å². The molecule has 0 spiro atoms. The van der Waals surface area contributed by atoms with Gasteiger partial charge in [-0.1, -0.05) is 35.9 Å². The number of benzene rings is 2. The number of aromatic nitrogens is 1. The predicted octanol–water partition coefficient (Wildman–Crippen LogP) is 6.88. The first-order chi connectivity index (χ1) is 26.6. The summed E-state index contributed by atoms with van der Waals surface area (Å²) < 4.78 is 50.5. The molecule has 1 saturated heterocycles. The summed E-state index contributed by atoms with van der Waals surface area (Å²) in [6.45, 7) is 2.63. The summed E-state index contributed by atoms with van der Waals surface area (Å²) in [5.74, 6) is -1.52. The molecule has 1 aromatic heterocycles. The Hall–Kier alpha value is -5.02. The molecule has 2 unspecified atom stereocenters. The van der Waals surface area contributed by atoms with Crippen LogP contribution in [0.5, 0.6) is 11.6 Å². The number of hydrogen-bond donors (Lipinski definition) is 0. The molecule has 3 aromatic rings. The van der Waals surface area contributed by atoms with Gasteiger partial charge in [-0.15, -0.1) is 10.1 Å². The largest absolute Gasteiger partial charge is 0.489 e. The van der Waals surface area contributed by atoms with Crippen LogP contribution in [0.25, 0.3) is 5.57 Å². The molecule has 1 aliphatic carbocycles. The number of ether oxygens (including phenoxy) is 4. The van der Waals surface area contributed by atoms with Gasteiger partial charge in [-0.3, -0.25) is 9.69 Å². The number of hydrogen-bond acceptors (Lipinski definition) is 10. The van der Waals surface area contributed by atoms with Crippen LogP contribution in [0.3, 0.4) is 0 Å². The molecule has 0 N–H and O–H groups in total. The summed E-state index contributed by atoms with van der Waals surface area (Å²) in [5.41, 5.74) is 4.84. The number of carbonyl (C=O) groups is 2. The lowest BCUT2D eigenvalue weighted by molar-refractivity contribution is -0.757. The first-order valence-electron chi connectivity index (χ1n) is 18.3. The van der Waals surface area contributed by atoms with E-state index in [1.807, 2.05) is 42.2 Å². The van der Waals surface area contributed by atoms with Gasteiger partial charge in [0.2, 0.25) is 5.88 Å². The second-order valence-corrected chi connectivity index (χ2v) is 14.1. The number of nitrogens with zero attached hydrogens (tertiary/aromatic N) is 4. The number of pyridine rings is 1. The summed E-state index contributed by atoms with van der Waals surface area (Å²) in [5, 5.41) is 9.21. The fourth-order valence-corrected chi connectivity index (χ4v) is 7.25. The summed E-state index contributed by atoms with van der Waals surface area (Å²) in [7, 11) is 1.55. The number of fused-ring (bicyclic) bond motifs is 2. The molecule has 55 heavy (non-hydrogen) atoms. The fourth-order valence-electron chi connectivity index (χ4n) is 7.04. The highest BCUT2D eigenvalue weighted by Crippen LogP contribution is 2.41. The van der Waals surface area contributed by atoms with Crippen LogP contribution in [0.1, 0.15) is 60.8 Å². The topological polar surface area (TPSA) is 143 Å². The Morgan fingerprint density at radius 2 is 1.78 bits per heavy atom. The van der Waals surface area contributed by atoms with Crippen molar-refractivity contribution >= 4 is 29.2 Å². The third kappa shape index (κ3) is 9.45. The van der Waals surface area contributed by atoms with Gasteiger partial charge >= 0.3 is 6.09 Å². The van der Waals surface area contributed by atoms with Crippen molar-refractivity contribution in [2.75, 3.05) is 40.1 Å². The van der Waals surface area contributed by atoms with Crippen LogP contribution in [0.15, 0.2) is 54.2 Å². The van der Waals surface area contributed by atoms with Crippen molar-refractivity contribution in [3.63, 3.8) is 0 Å². The molecule has 2 amide bonds. The van der Waals surface area contributed by atoms with Crippen molar-refractivity contribution in [3.8, 4) is 11.6 Å². The summed E-state index contributed by atoms with van der Waals surface area (Å²) in [4.78, 5) is 51.2. The Balaban J connectivity index is 1.24. The second kappa shape index (κ2) is 18.1. The Labute approximate surface area is 322 Å². The number of rotatable bonds is 17. The van der Waals surface area contributed by atoms with Gasteiger partial charge in [-0.25, -0.2) is 18.6 Å². The van der Waals surface area contributed by atoms with Crippen LogP contribution in [-0.4, -0.2) is 90.1 Å². The average Bonchev–Trinajstić information content (AvgIpc) is 4.02. The maximum atomic E-state index is 15.0. The number of halogens is 3. The van der Waals surface area contributed by atoms with Gasteiger partial charge in [0.1, 0.15) is 10.8 Å². The smallest absolute Gasteiger partial charge is 0.410 e. The SMILES string of the molecule is COc1nccc(CN(C(=O)C2=C(c3ccc(CCCOc4c(F)ccc(F)c4Cl)cc3)CC3COCC2N3C(=O)OCCCCO[N+](=O)[O-])C2CC2)c1C. The predicted molar refractivity (Wildman–Crippen MR) is 196 cm³/mol. The fraction of sp³-hybridized carbons (Fsp3) is 0.462. The van der Waals surface area contributed by atoms with E-state index < -0.39 is 39.9 Å². The minimum Gasteiger partial charge on any atom is -0.489 e. The first-order valence-corrected chi connectivity index (χ1v) is 18.6. The van der Waals surface area contributed by atoms with Crippen molar-refractivity contribution in [2.24, 2.45) is 0 Å². The van der Waals surface area contributed by atoms with E-state index in [1.165, 1.54) is 0 Å². The molecule has 1 saturated carbocycles. The van der Waals surface area contributed by atoms with Crippen LogP contribution in [0.4, 0.5) is 13.6 Å². The molecule has 2 bridgehead atoms. The molecule has 2 aliphatic heterocycles. The molecule has 2 atom stereocenters.